The number of carboxylic acid groups (broad SMARTS) is 2. The second-order valence-electron chi connectivity index (χ2n) is 6.00. The van der Waals surface area contributed by atoms with Crippen molar-refractivity contribution >= 4 is 17.8 Å². The van der Waals surface area contributed by atoms with Crippen molar-refractivity contribution in [2.24, 2.45) is 0 Å². The summed E-state index contributed by atoms with van der Waals surface area (Å²) in [6.07, 6.45) is -2.78. The summed E-state index contributed by atoms with van der Waals surface area (Å²) in [4.78, 5) is 26.0. The molecule has 1 aromatic heterocycles. The molecule has 1 atom stereocenters. The Labute approximate surface area is 157 Å². The molecule has 0 bridgehead atoms. The van der Waals surface area contributed by atoms with E-state index in [1.807, 2.05) is 6.07 Å². The highest BCUT2D eigenvalue weighted by molar-refractivity contribution is 5.87. The zero-order chi connectivity index (χ0) is 20.9. The van der Waals surface area contributed by atoms with E-state index in [4.69, 9.17) is 15.0 Å². The molecule has 1 aliphatic heterocycles. The van der Waals surface area contributed by atoms with Crippen molar-refractivity contribution in [2.75, 3.05) is 18.0 Å². The Bertz CT molecular complexity index is 840. The summed E-state index contributed by atoms with van der Waals surface area (Å²) in [6, 6.07) is 9.97. The number of carbonyl (C=O) groups is 2. The molecule has 0 saturated carbocycles. The van der Waals surface area contributed by atoms with Crippen molar-refractivity contribution in [1.29, 1.82) is 0 Å². The molecule has 6 nitrogen and oxygen atoms in total. The molecule has 2 aromatic rings. The lowest BCUT2D eigenvalue weighted by atomic mass is 9.98. The molecule has 1 saturated heterocycles. The Hall–Kier alpha value is -3.17. The fraction of sp³-hybridized carbons (Fsp3) is 0.278. The van der Waals surface area contributed by atoms with Crippen molar-refractivity contribution in [3.05, 3.63) is 59.5 Å². The van der Waals surface area contributed by atoms with Crippen LogP contribution in [-0.4, -0.2) is 46.4 Å². The molecule has 1 fully saturated rings. The first kappa shape index (κ1) is 21.1. The largest absolute Gasteiger partial charge is 0.490 e. The number of benzene rings is 1. The standard InChI is InChI=1S/C16H15FN2O2.C2HF3O2/c17-14-3-1-2-11(8-14)13-6-7-19(10-13)15-5-4-12(9-18-15)16(20)21;3-2(4,5)1(6)7/h1-5,8-9,13H,6-7,10H2,(H,20,21);(H,6,7). The van der Waals surface area contributed by atoms with Crippen molar-refractivity contribution in [3.63, 3.8) is 0 Å². The Morgan fingerprint density at radius 1 is 1.14 bits per heavy atom. The molecule has 10 heteroatoms. The van der Waals surface area contributed by atoms with Gasteiger partial charge in [0.1, 0.15) is 11.6 Å². The molecule has 3 rings (SSSR count). The topological polar surface area (TPSA) is 90.7 Å². The van der Waals surface area contributed by atoms with E-state index < -0.39 is 18.1 Å². The fourth-order valence-corrected chi connectivity index (χ4v) is 2.70. The minimum absolute atomic E-state index is 0.180. The van der Waals surface area contributed by atoms with Crippen LogP contribution in [0.1, 0.15) is 28.3 Å². The lowest BCUT2D eigenvalue weighted by Crippen LogP contribution is -2.21. The summed E-state index contributed by atoms with van der Waals surface area (Å²) in [7, 11) is 0. The van der Waals surface area contributed by atoms with E-state index in [1.54, 1.807) is 24.3 Å². The maximum absolute atomic E-state index is 13.3. The van der Waals surface area contributed by atoms with Gasteiger partial charge in [0.2, 0.25) is 0 Å². The van der Waals surface area contributed by atoms with Crippen LogP contribution in [0.4, 0.5) is 23.4 Å². The predicted molar refractivity (Wildman–Crippen MR) is 90.9 cm³/mol. The number of anilines is 1. The first-order valence-corrected chi connectivity index (χ1v) is 8.08. The van der Waals surface area contributed by atoms with Crippen LogP contribution in [-0.2, 0) is 4.79 Å². The van der Waals surface area contributed by atoms with Gasteiger partial charge in [-0.25, -0.2) is 19.0 Å². The van der Waals surface area contributed by atoms with E-state index in [0.29, 0.717) is 0 Å². The number of aromatic carboxylic acids is 1. The van der Waals surface area contributed by atoms with Crippen LogP contribution in [0.3, 0.4) is 0 Å². The average Bonchev–Trinajstić information content (AvgIpc) is 3.11. The third-order valence-electron chi connectivity index (χ3n) is 4.07. The first-order valence-electron chi connectivity index (χ1n) is 8.08. The van der Waals surface area contributed by atoms with Crippen molar-refractivity contribution in [2.45, 2.75) is 18.5 Å². The summed E-state index contributed by atoms with van der Waals surface area (Å²) < 4.78 is 45.0. The molecule has 1 aliphatic rings. The van der Waals surface area contributed by atoms with E-state index in [-0.39, 0.29) is 17.3 Å². The van der Waals surface area contributed by atoms with Crippen LogP contribution >= 0.6 is 0 Å². The number of aliphatic carboxylic acids is 1. The van der Waals surface area contributed by atoms with Gasteiger partial charge in [-0.15, -0.1) is 0 Å². The van der Waals surface area contributed by atoms with E-state index >= 15 is 0 Å². The molecule has 150 valence electrons. The number of aromatic nitrogens is 1. The summed E-state index contributed by atoms with van der Waals surface area (Å²) in [5, 5.41) is 16.0. The van der Waals surface area contributed by atoms with Gasteiger partial charge >= 0.3 is 18.1 Å². The summed E-state index contributed by atoms with van der Waals surface area (Å²) in [6.45, 7) is 1.60. The van der Waals surface area contributed by atoms with Crippen molar-refractivity contribution < 1.29 is 37.4 Å². The van der Waals surface area contributed by atoms with Gasteiger partial charge in [-0.1, -0.05) is 12.1 Å². The van der Waals surface area contributed by atoms with E-state index in [0.717, 1.165) is 30.9 Å². The normalized spacial score (nSPS) is 16.3. The lowest BCUT2D eigenvalue weighted by Gasteiger charge is -2.17. The van der Waals surface area contributed by atoms with Crippen LogP contribution in [0.5, 0.6) is 0 Å². The van der Waals surface area contributed by atoms with Crippen molar-refractivity contribution in [1.82, 2.24) is 4.98 Å². The Kier molecular flexibility index (Phi) is 6.55. The third kappa shape index (κ3) is 5.66. The molecular weight excluding hydrogens is 384 g/mol. The maximum atomic E-state index is 13.3. The third-order valence-corrected chi connectivity index (χ3v) is 4.07. The molecule has 2 heterocycles. The lowest BCUT2D eigenvalue weighted by molar-refractivity contribution is -0.192. The summed E-state index contributed by atoms with van der Waals surface area (Å²) >= 11 is 0. The number of alkyl halides is 3. The molecule has 28 heavy (non-hydrogen) atoms. The summed E-state index contributed by atoms with van der Waals surface area (Å²) in [5.41, 5.74) is 1.18. The van der Waals surface area contributed by atoms with Crippen LogP contribution in [0.25, 0.3) is 0 Å². The monoisotopic (exact) mass is 400 g/mol. The second-order valence-corrected chi connectivity index (χ2v) is 6.00. The van der Waals surface area contributed by atoms with E-state index in [2.05, 4.69) is 9.88 Å². The zero-order valence-electron chi connectivity index (χ0n) is 14.4. The predicted octanol–water partition coefficient (Wildman–Crippen LogP) is 3.55. The van der Waals surface area contributed by atoms with Crippen molar-refractivity contribution in [3.8, 4) is 0 Å². The first-order chi connectivity index (χ1) is 13.1. The molecule has 0 aliphatic carbocycles. The van der Waals surface area contributed by atoms with Gasteiger partial charge in [-0.3, -0.25) is 0 Å². The zero-order valence-corrected chi connectivity index (χ0v) is 14.4. The Morgan fingerprint density at radius 3 is 2.32 bits per heavy atom. The fourth-order valence-electron chi connectivity index (χ4n) is 2.70. The molecule has 0 radical (unpaired) electrons. The van der Waals surface area contributed by atoms with E-state index in [1.165, 1.54) is 12.3 Å². The Balaban J connectivity index is 0.000000345. The minimum atomic E-state index is -5.08. The van der Waals surface area contributed by atoms with E-state index in [9.17, 15) is 22.4 Å². The number of hydrogen-bond donors (Lipinski definition) is 2. The van der Waals surface area contributed by atoms with Crippen LogP contribution in [0.2, 0.25) is 0 Å². The van der Waals surface area contributed by atoms with Gasteiger partial charge in [-0.2, -0.15) is 13.2 Å². The molecule has 1 unspecified atom stereocenters. The second kappa shape index (κ2) is 8.68. The van der Waals surface area contributed by atoms with Gasteiger partial charge in [0.05, 0.1) is 5.56 Å². The number of nitrogens with zero attached hydrogens (tertiary/aromatic N) is 2. The highest BCUT2D eigenvalue weighted by atomic mass is 19.4. The minimum Gasteiger partial charge on any atom is -0.478 e. The van der Waals surface area contributed by atoms with Gasteiger partial charge in [-0.05, 0) is 36.2 Å². The number of rotatable bonds is 3. The summed E-state index contributed by atoms with van der Waals surface area (Å²) in [5.74, 6) is -2.91. The maximum Gasteiger partial charge on any atom is 0.490 e. The molecule has 0 spiro atoms. The average molecular weight is 400 g/mol. The number of hydrogen-bond acceptors (Lipinski definition) is 4. The number of halogens is 4. The van der Waals surface area contributed by atoms with Crippen LogP contribution in [0.15, 0.2) is 42.6 Å². The number of pyridine rings is 1. The quantitative estimate of drug-likeness (QED) is 0.766. The van der Waals surface area contributed by atoms with Gasteiger partial charge in [0.15, 0.2) is 0 Å². The smallest absolute Gasteiger partial charge is 0.478 e. The van der Waals surface area contributed by atoms with Crippen LogP contribution < -0.4 is 4.90 Å². The number of carboxylic acids is 2. The highest BCUT2D eigenvalue weighted by Gasteiger charge is 2.38. The SMILES string of the molecule is O=C(O)C(F)(F)F.O=C(O)c1ccc(N2CCC(c3cccc(F)c3)C2)nc1. The van der Waals surface area contributed by atoms with Gasteiger partial charge < -0.3 is 15.1 Å². The molecular formula is C18H16F4N2O4. The van der Waals surface area contributed by atoms with Gasteiger partial charge in [0, 0.05) is 25.2 Å². The highest BCUT2D eigenvalue weighted by Crippen LogP contribution is 2.30. The molecule has 1 aromatic carbocycles. The van der Waals surface area contributed by atoms with Gasteiger partial charge in [0.25, 0.3) is 0 Å². The molecule has 0 amide bonds. The Morgan fingerprint density at radius 2 is 1.82 bits per heavy atom. The molecule has 2 N–H and O–H groups in total. The van der Waals surface area contributed by atoms with Crippen LogP contribution in [0, 0.1) is 5.82 Å².